The summed E-state index contributed by atoms with van der Waals surface area (Å²) in [5.74, 6) is 0.743. The molecule has 33 heavy (non-hydrogen) atoms. The molecule has 0 bridgehead atoms. The first-order chi connectivity index (χ1) is 15.8. The molecule has 4 rings (SSSR count). The van der Waals surface area contributed by atoms with Gasteiger partial charge in [-0.15, -0.1) is 0 Å². The first kappa shape index (κ1) is 22.6. The van der Waals surface area contributed by atoms with E-state index in [0.29, 0.717) is 31.6 Å². The minimum Gasteiger partial charge on any atom is -0.496 e. The molecule has 0 radical (unpaired) electrons. The van der Waals surface area contributed by atoms with Gasteiger partial charge in [-0.1, -0.05) is 42.5 Å². The van der Waals surface area contributed by atoms with Crippen LogP contribution in [0.25, 0.3) is 11.1 Å². The number of hydrogen-bond acceptors (Lipinski definition) is 4. The Kier molecular flexibility index (Phi) is 6.22. The van der Waals surface area contributed by atoms with Gasteiger partial charge in [-0.05, 0) is 36.1 Å². The summed E-state index contributed by atoms with van der Waals surface area (Å²) in [5, 5.41) is 4.24. The summed E-state index contributed by atoms with van der Waals surface area (Å²) in [6.07, 6.45) is 2.95. The molecule has 1 fully saturated rings. The van der Waals surface area contributed by atoms with Crippen LogP contribution in [0.15, 0.2) is 60.8 Å². The fraction of sp³-hybridized carbons (Fsp3) is 0.346. The number of carbonyl (C=O) groups excluding carboxylic acids is 2. The Labute approximate surface area is 194 Å². The van der Waals surface area contributed by atoms with Crippen LogP contribution < -0.4 is 4.74 Å². The lowest BCUT2D eigenvalue weighted by molar-refractivity contribution is -0.138. The largest absolute Gasteiger partial charge is 0.496 e. The quantitative estimate of drug-likeness (QED) is 0.583. The third kappa shape index (κ3) is 4.49. The van der Waals surface area contributed by atoms with Crippen molar-refractivity contribution >= 4 is 11.8 Å². The topological polar surface area (TPSA) is 67.7 Å². The van der Waals surface area contributed by atoms with E-state index < -0.39 is 5.41 Å². The van der Waals surface area contributed by atoms with Gasteiger partial charge in [0.1, 0.15) is 11.4 Å². The van der Waals surface area contributed by atoms with Crippen LogP contribution in [0.5, 0.6) is 5.75 Å². The number of likely N-dealkylation sites (tertiary alicyclic amines) is 1. The van der Waals surface area contributed by atoms with Crippen LogP contribution in [0.3, 0.4) is 0 Å². The number of nitrogens with zero attached hydrogens (tertiary/aromatic N) is 4. The van der Waals surface area contributed by atoms with E-state index in [1.807, 2.05) is 24.3 Å². The van der Waals surface area contributed by atoms with Crippen molar-refractivity contribution in [1.82, 2.24) is 19.6 Å². The molecule has 1 aliphatic rings. The Bertz CT molecular complexity index is 1150. The highest BCUT2D eigenvalue weighted by atomic mass is 16.5. The van der Waals surface area contributed by atoms with Gasteiger partial charge in [-0.25, -0.2) is 0 Å². The normalized spacial score (nSPS) is 17.8. The van der Waals surface area contributed by atoms with Crippen molar-refractivity contribution in [1.29, 1.82) is 0 Å². The Balaban J connectivity index is 1.57. The summed E-state index contributed by atoms with van der Waals surface area (Å²) in [6.45, 7) is 0.919. The lowest BCUT2D eigenvalue weighted by Gasteiger charge is -2.31. The molecule has 0 N–H and O–H groups in total. The van der Waals surface area contributed by atoms with Crippen LogP contribution in [-0.4, -0.2) is 65.7 Å². The van der Waals surface area contributed by atoms with E-state index in [2.05, 4.69) is 29.4 Å². The van der Waals surface area contributed by atoms with E-state index in [1.54, 1.807) is 55.0 Å². The smallest absolute Gasteiger partial charge is 0.274 e. The predicted octanol–water partition coefficient (Wildman–Crippen LogP) is 3.26. The minimum absolute atomic E-state index is 0.0487. The maximum atomic E-state index is 13.3. The zero-order valence-corrected chi connectivity index (χ0v) is 19.6. The van der Waals surface area contributed by atoms with Crippen LogP contribution in [0.4, 0.5) is 0 Å². The molecule has 1 aliphatic heterocycles. The van der Waals surface area contributed by atoms with Gasteiger partial charge in [-0.3, -0.25) is 14.3 Å². The van der Waals surface area contributed by atoms with Gasteiger partial charge in [0.05, 0.1) is 12.5 Å². The third-order valence-electron chi connectivity index (χ3n) is 6.35. The fourth-order valence-electron chi connectivity index (χ4n) is 4.68. The van der Waals surface area contributed by atoms with Crippen molar-refractivity contribution in [2.24, 2.45) is 12.5 Å². The summed E-state index contributed by atoms with van der Waals surface area (Å²) in [4.78, 5) is 29.7. The molecule has 1 saturated heterocycles. The van der Waals surface area contributed by atoms with Gasteiger partial charge in [0, 0.05) is 46.0 Å². The van der Waals surface area contributed by atoms with Gasteiger partial charge in [0.2, 0.25) is 5.91 Å². The van der Waals surface area contributed by atoms with E-state index >= 15 is 0 Å². The molecule has 7 heteroatoms. The number of benzene rings is 2. The number of rotatable bonds is 6. The van der Waals surface area contributed by atoms with Crippen molar-refractivity contribution in [3.63, 3.8) is 0 Å². The van der Waals surface area contributed by atoms with Gasteiger partial charge < -0.3 is 14.5 Å². The lowest BCUT2D eigenvalue weighted by Crippen LogP contribution is -2.44. The average Bonchev–Trinajstić information content (AvgIpc) is 3.46. The molecule has 2 heterocycles. The maximum Gasteiger partial charge on any atom is 0.274 e. The number of amides is 2. The van der Waals surface area contributed by atoms with Crippen molar-refractivity contribution in [3.05, 3.63) is 72.1 Å². The summed E-state index contributed by atoms with van der Waals surface area (Å²) in [5.41, 5.74) is 2.91. The summed E-state index contributed by atoms with van der Waals surface area (Å²) >= 11 is 0. The number of para-hydroxylation sites is 1. The molecule has 0 unspecified atom stereocenters. The number of aryl methyl sites for hydroxylation is 1. The molecule has 2 aromatic carbocycles. The maximum absolute atomic E-state index is 13.3. The molecule has 2 amide bonds. The molecule has 7 nitrogen and oxygen atoms in total. The molecule has 0 aliphatic carbocycles. The van der Waals surface area contributed by atoms with Crippen LogP contribution in [-0.2, 0) is 18.3 Å². The Morgan fingerprint density at radius 3 is 2.45 bits per heavy atom. The first-order valence-electron chi connectivity index (χ1n) is 11.1. The Morgan fingerprint density at radius 2 is 1.82 bits per heavy atom. The van der Waals surface area contributed by atoms with Crippen molar-refractivity contribution in [2.45, 2.75) is 12.8 Å². The number of methoxy groups -OCH3 is 1. The molecule has 0 saturated carbocycles. The van der Waals surface area contributed by atoms with E-state index in [0.717, 1.165) is 22.4 Å². The lowest BCUT2D eigenvalue weighted by atomic mass is 9.79. The summed E-state index contributed by atoms with van der Waals surface area (Å²) < 4.78 is 7.11. The zero-order valence-electron chi connectivity index (χ0n) is 19.6. The van der Waals surface area contributed by atoms with Crippen molar-refractivity contribution in [3.8, 4) is 16.9 Å². The molecule has 1 atom stereocenters. The third-order valence-corrected chi connectivity index (χ3v) is 6.35. The number of hydrogen-bond donors (Lipinski definition) is 0. The number of carbonyl (C=O) groups is 2. The van der Waals surface area contributed by atoms with E-state index in [9.17, 15) is 9.59 Å². The molecular weight excluding hydrogens is 416 g/mol. The standard InChI is InChI=1S/C26H30N4O3/c1-28(2)25(32)26(14-16-30(18-26)24(31)22-13-15-29(3)27-22)17-19-9-11-20(12-10-19)21-7-5-6-8-23(21)33-4/h5-13,15H,14,16-18H2,1-4H3/t26-/m1/s1. The molecule has 1 aromatic heterocycles. The first-order valence-corrected chi connectivity index (χ1v) is 11.1. The average molecular weight is 447 g/mol. The number of ether oxygens (including phenoxy) is 1. The fourth-order valence-corrected chi connectivity index (χ4v) is 4.68. The monoisotopic (exact) mass is 446 g/mol. The van der Waals surface area contributed by atoms with Gasteiger partial charge in [-0.2, -0.15) is 5.10 Å². The number of aromatic nitrogens is 2. The molecular formula is C26H30N4O3. The van der Waals surface area contributed by atoms with E-state index in [-0.39, 0.29) is 11.8 Å². The zero-order chi connectivity index (χ0) is 23.6. The summed E-state index contributed by atoms with van der Waals surface area (Å²) in [7, 11) is 7.01. The van der Waals surface area contributed by atoms with E-state index in [1.165, 1.54) is 0 Å². The summed E-state index contributed by atoms with van der Waals surface area (Å²) in [6, 6.07) is 17.9. The van der Waals surface area contributed by atoms with Gasteiger partial charge in [0.25, 0.3) is 5.91 Å². The van der Waals surface area contributed by atoms with Crippen molar-refractivity contribution < 1.29 is 14.3 Å². The Morgan fingerprint density at radius 1 is 1.09 bits per heavy atom. The highest BCUT2D eigenvalue weighted by Gasteiger charge is 2.47. The SMILES string of the molecule is COc1ccccc1-c1ccc(C[C@]2(C(=O)N(C)C)CCN(C(=O)c3ccn(C)n3)C2)cc1. The Hall–Kier alpha value is -3.61. The van der Waals surface area contributed by atoms with Crippen molar-refractivity contribution in [2.75, 3.05) is 34.3 Å². The highest BCUT2D eigenvalue weighted by Crippen LogP contribution is 2.37. The molecule has 0 spiro atoms. The van der Waals surface area contributed by atoms with Gasteiger partial charge in [0.15, 0.2) is 0 Å². The molecule has 3 aromatic rings. The second-order valence-corrected chi connectivity index (χ2v) is 8.91. The second-order valence-electron chi connectivity index (χ2n) is 8.91. The van der Waals surface area contributed by atoms with Crippen LogP contribution in [0, 0.1) is 5.41 Å². The molecule has 172 valence electrons. The second kappa shape index (κ2) is 9.10. The van der Waals surface area contributed by atoms with E-state index in [4.69, 9.17) is 4.74 Å². The minimum atomic E-state index is -0.653. The predicted molar refractivity (Wildman–Crippen MR) is 127 cm³/mol. The van der Waals surface area contributed by atoms with Crippen LogP contribution in [0.2, 0.25) is 0 Å². The van der Waals surface area contributed by atoms with Gasteiger partial charge >= 0.3 is 0 Å². The van der Waals surface area contributed by atoms with Crippen LogP contribution in [0.1, 0.15) is 22.5 Å². The highest BCUT2D eigenvalue weighted by molar-refractivity contribution is 5.93. The van der Waals surface area contributed by atoms with Crippen LogP contribution >= 0.6 is 0 Å².